The van der Waals surface area contributed by atoms with Gasteiger partial charge in [0.1, 0.15) is 0 Å². The Morgan fingerprint density at radius 3 is 2.42 bits per heavy atom. The SMILES string of the molecule is CC(C)n1c(Sc2ccc([C@@H](C)O)cc2)n[nH]c1=O. The Hall–Kier alpha value is -1.53. The van der Waals surface area contributed by atoms with Crippen LogP contribution in [-0.4, -0.2) is 19.9 Å². The van der Waals surface area contributed by atoms with Gasteiger partial charge in [0.25, 0.3) is 0 Å². The lowest BCUT2D eigenvalue weighted by molar-refractivity contribution is 0.199. The fourth-order valence-electron chi connectivity index (χ4n) is 1.74. The highest BCUT2D eigenvalue weighted by atomic mass is 32.2. The van der Waals surface area contributed by atoms with Crippen LogP contribution in [0.5, 0.6) is 0 Å². The van der Waals surface area contributed by atoms with Crippen molar-refractivity contribution >= 4 is 11.8 Å². The van der Waals surface area contributed by atoms with Gasteiger partial charge in [-0.05, 0) is 50.2 Å². The maximum Gasteiger partial charge on any atom is 0.344 e. The average molecular weight is 279 g/mol. The second-order valence-corrected chi connectivity index (χ2v) is 5.66. The number of hydrogen-bond acceptors (Lipinski definition) is 4. The van der Waals surface area contributed by atoms with E-state index in [1.54, 1.807) is 11.5 Å². The lowest BCUT2D eigenvalue weighted by atomic mass is 10.1. The van der Waals surface area contributed by atoms with E-state index < -0.39 is 6.10 Å². The van der Waals surface area contributed by atoms with Crippen molar-refractivity contribution in [3.05, 3.63) is 40.3 Å². The van der Waals surface area contributed by atoms with Gasteiger partial charge in [-0.25, -0.2) is 9.89 Å². The van der Waals surface area contributed by atoms with Crippen molar-refractivity contribution in [3.63, 3.8) is 0 Å². The predicted octanol–water partition coefficient (Wildman–Crippen LogP) is 2.36. The third kappa shape index (κ3) is 3.08. The number of benzene rings is 1. The number of aromatic amines is 1. The van der Waals surface area contributed by atoms with Crippen LogP contribution in [0.15, 0.2) is 39.1 Å². The van der Waals surface area contributed by atoms with Gasteiger partial charge in [-0.2, -0.15) is 0 Å². The molecule has 0 aliphatic heterocycles. The standard InChI is InChI=1S/C13H17N3O2S/c1-8(2)16-12(18)14-15-13(16)19-11-6-4-10(5-7-11)9(3)17/h4-9,17H,1-3H3,(H,14,18)/t9-/m1/s1. The highest BCUT2D eigenvalue weighted by molar-refractivity contribution is 7.99. The minimum atomic E-state index is -0.474. The number of nitrogens with zero attached hydrogens (tertiary/aromatic N) is 2. The fraction of sp³-hybridized carbons (Fsp3) is 0.385. The Labute approximate surface area is 115 Å². The van der Waals surface area contributed by atoms with Gasteiger partial charge in [0.2, 0.25) is 0 Å². The van der Waals surface area contributed by atoms with Crippen LogP contribution in [0.25, 0.3) is 0 Å². The van der Waals surface area contributed by atoms with Crippen LogP contribution in [0.2, 0.25) is 0 Å². The van der Waals surface area contributed by atoms with Crippen molar-refractivity contribution in [1.82, 2.24) is 14.8 Å². The molecule has 0 aliphatic rings. The van der Waals surface area contributed by atoms with E-state index in [1.165, 1.54) is 11.8 Å². The van der Waals surface area contributed by atoms with Crippen molar-refractivity contribution in [2.45, 2.75) is 43.0 Å². The maximum atomic E-state index is 11.6. The Kier molecular flexibility index (Phi) is 4.11. The normalized spacial score (nSPS) is 12.9. The molecule has 2 N–H and O–H groups in total. The van der Waals surface area contributed by atoms with Crippen LogP contribution < -0.4 is 5.69 Å². The summed E-state index contributed by atoms with van der Waals surface area (Å²) >= 11 is 1.42. The number of hydrogen-bond donors (Lipinski definition) is 2. The average Bonchev–Trinajstić information content (AvgIpc) is 2.71. The Morgan fingerprint density at radius 1 is 1.26 bits per heavy atom. The van der Waals surface area contributed by atoms with E-state index in [4.69, 9.17) is 0 Å². The van der Waals surface area contributed by atoms with Crippen molar-refractivity contribution in [3.8, 4) is 0 Å². The van der Waals surface area contributed by atoms with Gasteiger partial charge in [-0.1, -0.05) is 12.1 Å². The van der Waals surface area contributed by atoms with Crippen LogP contribution in [0, 0.1) is 0 Å². The highest BCUT2D eigenvalue weighted by Crippen LogP contribution is 2.27. The summed E-state index contributed by atoms with van der Waals surface area (Å²) in [4.78, 5) is 12.6. The molecule has 0 fully saturated rings. The second kappa shape index (κ2) is 5.63. The molecular weight excluding hydrogens is 262 g/mol. The minimum Gasteiger partial charge on any atom is -0.389 e. The molecule has 0 amide bonds. The minimum absolute atomic E-state index is 0.0606. The molecule has 0 unspecified atom stereocenters. The maximum absolute atomic E-state index is 11.6. The summed E-state index contributed by atoms with van der Waals surface area (Å²) in [6.07, 6.45) is -0.474. The molecule has 1 heterocycles. The van der Waals surface area contributed by atoms with Crippen LogP contribution in [0.4, 0.5) is 0 Å². The smallest absolute Gasteiger partial charge is 0.344 e. The zero-order chi connectivity index (χ0) is 14.0. The lowest BCUT2D eigenvalue weighted by Crippen LogP contribution is -2.19. The zero-order valence-corrected chi connectivity index (χ0v) is 11.9. The monoisotopic (exact) mass is 279 g/mol. The summed E-state index contributed by atoms with van der Waals surface area (Å²) in [7, 11) is 0. The van der Waals surface area contributed by atoms with Gasteiger partial charge in [0.15, 0.2) is 5.16 Å². The van der Waals surface area contributed by atoms with Gasteiger partial charge < -0.3 is 5.11 Å². The molecule has 19 heavy (non-hydrogen) atoms. The molecule has 0 saturated carbocycles. The van der Waals surface area contributed by atoms with Crippen molar-refractivity contribution < 1.29 is 5.11 Å². The summed E-state index contributed by atoms with van der Waals surface area (Å²) in [5, 5.41) is 16.6. The molecule has 1 aromatic heterocycles. The molecule has 0 saturated heterocycles. The number of nitrogens with one attached hydrogen (secondary N) is 1. The topological polar surface area (TPSA) is 70.9 Å². The van der Waals surface area contributed by atoms with Crippen LogP contribution in [0.3, 0.4) is 0 Å². The molecule has 0 radical (unpaired) electrons. The van der Waals surface area contributed by atoms with Gasteiger partial charge in [-0.15, -0.1) is 5.10 Å². The van der Waals surface area contributed by atoms with Crippen molar-refractivity contribution in [2.75, 3.05) is 0 Å². The number of rotatable bonds is 4. The third-order valence-corrected chi connectivity index (χ3v) is 3.74. The van der Waals surface area contributed by atoms with E-state index in [2.05, 4.69) is 10.2 Å². The summed E-state index contributed by atoms with van der Waals surface area (Å²) < 4.78 is 1.62. The van der Waals surface area contributed by atoms with E-state index in [1.807, 2.05) is 38.1 Å². The van der Waals surface area contributed by atoms with Gasteiger partial charge >= 0.3 is 5.69 Å². The van der Waals surface area contributed by atoms with Crippen LogP contribution >= 0.6 is 11.8 Å². The molecule has 5 nitrogen and oxygen atoms in total. The molecule has 0 spiro atoms. The van der Waals surface area contributed by atoms with Crippen LogP contribution in [-0.2, 0) is 0 Å². The van der Waals surface area contributed by atoms with E-state index in [9.17, 15) is 9.90 Å². The molecule has 102 valence electrons. The first-order valence-electron chi connectivity index (χ1n) is 6.12. The lowest BCUT2D eigenvalue weighted by Gasteiger charge is -2.09. The van der Waals surface area contributed by atoms with Gasteiger partial charge in [0.05, 0.1) is 6.10 Å². The van der Waals surface area contributed by atoms with Gasteiger partial charge in [-0.3, -0.25) is 4.57 Å². The quantitative estimate of drug-likeness (QED) is 0.901. The van der Waals surface area contributed by atoms with E-state index in [0.29, 0.717) is 5.16 Å². The zero-order valence-electron chi connectivity index (χ0n) is 11.1. The van der Waals surface area contributed by atoms with Gasteiger partial charge in [0, 0.05) is 10.9 Å². The molecule has 1 atom stereocenters. The van der Waals surface area contributed by atoms with E-state index in [0.717, 1.165) is 10.5 Å². The van der Waals surface area contributed by atoms with Crippen LogP contribution in [0.1, 0.15) is 38.5 Å². The fourth-order valence-corrected chi connectivity index (χ4v) is 2.70. The summed E-state index contributed by atoms with van der Waals surface area (Å²) in [5.41, 5.74) is 0.672. The molecule has 2 rings (SSSR count). The summed E-state index contributed by atoms with van der Waals surface area (Å²) in [5.74, 6) is 0. The largest absolute Gasteiger partial charge is 0.389 e. The Morgan fingerprint density at radius 2 is 1.89 bits per heavy atom. The summed E-state index contributed by atoms with van der Waals surface area (Å²) in [6.45, 7) is 5.61. The molecule has 2 aromatic rings. The predicted molar refractivity (Wildman–Crippen MR) is 74.4 cm³/mol. The molecule has 1 aromatic carbocycles. The van der Waals surface area contributed by atoms with Crippen molar-refractivity contribution in [2.24, 2.45) is 0 Å². The van der Waals surface area contributed by atoms with Crippen molar-refractivity contribution in [1.29, 1.82) is 0 Å². The van der Waals surface area contributed by atoms with E-state index >= 15 is 0 Å². The number of aliphatic hydroxyl groups excluding tert-OH is 1. The Bertz CT molecular complexity index is 599. The molecule has 6 heteroatoms. The van der Waals surface area contributed by atoms with E-state index in [-0.39, 0.29) is 11.7 Å². The first kappa shape index (κ1) is 13.9. The number of aliphatic hydroxyl groups is 1. The summed E-state index contributed by atoms with van der Waals surface area (Å²) in [6, 6.07) is 7.63. The molecular formula is C13H17N3O2S. The first-order valence-corrected chi connectivity index (χ1v) is 6.93. The molecule has 0 bridgehead atoms. The molecule has 0 aliphatic carbocycles. The third-order valence-electron chi connectivity index (χ3n) is 2.76. The highest BCUT2D eigenvalue weighted by Gasteiger charge is 2.12. The second-order valence-electron chi connectivity index (χ2n) is 4.62. The first-order chi connectivity index (χ1) is 8.99. The number of aromatic nitrogens is 3. The number of H-pyrrole nitrogens is 1. The Balaban J connectivity index is 2.24.